The topological polar surface area (TPSA) is 63.8 Å². The third-order valence-electron chi connectivity index (χ3n) is 2.61. The minimum Gasteiger partial charge on any atom is -0.481 e. The van der Waals surface area contributed by atoms with Crippen LogP contribution in [0.1, 0.15) is 18.4 Å². The highest BCUT2D eigenvalue weighted by molar-refractivity contribution is 6.30. The first-order valence-corrected chi connectivity index (χ1v) is 6.74. The number of furan rings is 1. The summed E-state index contributed by atoms with van der Waals surface area (Å²) in [7, 11) is 0. The Morgan fingerprint density at radius 2 is 2.24 bits per heavy atom. The molecule has 0 aliphatic carbocycles. The van der Waals surface area contributed by atoms with E-state index in [2.05, 4.69) is 10.5 Å². The number of amides is 1. The lowest BCUT2D eigenvalue weighted by atomic mass is 10.3. The second-order valence-electron chi connectivity index (χ2n) is 4.40. The van der Waals surface area contributed by atoms with Gasteiger partial charge in [0.15, 0.2) is 6.10 Å². The third kappa shape index (κ3) is 4.65. The summed E-state index contributed by atoms with van der Waals surface area (Å²) >= 11 is 5.85. The van der Waals surface area contributed by atoms with Gasteiger partial charge in [0.2, 0.25) is 0 Å². The molecule has 21 heavy (non-hydrogen) atoms. The first kappa shape index (κ1) is 15.1. The highest BCUT2D eigenvalue weighted by atomic mass is 35.5. The summed E-state index contributed by atoms with van der Waals surface area (Å²) in [6.45, 7) is 3.46. The Morgan fingerprint density at radius 1 is 1.43 bits per heavy atom. The number of ether oxygens (including phenoxy) is 1. The van der Waals surface area contributed by atoms with E-state index in [4.69, 9.17) is 20.8 Å². The molecule has 5 nitrogen and oxygen atoms in total. The summed E-state index contributed by atoms with van der Waals surface area (Å²) in [4.78, 5) is 11.8. The van der Waals surface area contributed by atoms with Gasteiger partial charge in [-0.3, -0.25) is 4.79 Å². The van der Waals surface area contributed by atoms with E-state index >= 15 is 0 Å². The Balaban J connectivity index is 1.86. The van der Waals surface area contributed by atoms with Crippen LogP contribution in [0.2, 0.25) is 5.02 Å². The predicted molar refractivity (Wildman–Crippen MR) is 80.7 cm³/mol. The van der Waals surface area contributed by atoms with Crippen LogP contribution in [0.3, 0.4) is 0 Å². The van der Waals surface area contributed by atoms with Gasteiger partial charge in [-0.05, 0) is 44.2 Å². The zero-order valence-electron chi connectivity index (χ0n) is 11.7. The molecule has 2 aromatic rings. The van der Waals surface area contributed by atoms with Gasteiger partial charge < -0.3 is 9.15 Å². The fourth-order valence-corrected chi connectivity index (χ4v) is 1.75. The molecular formula is C15H15ClN2O3. The molecular weight excluding hydrogens is 292 g/mol. The van der Waals surface area contributed by atoms with Crippen molar-refractivity contribution in [1.29, 1.82) is 0 Å². The first-order chi connectivity index (χ1) is 10.0. The van der Waals surface area contributed by atoms with E-state index in [9.17, 15) is 4.79 Å². The van der Waals surface area contributed by atoms with Gasteiger partial charge in [0.25, 0.3) is 5.91 Å². The predicted octanol–water partition coefficient (Wildman–Crippen LogP) is 3.16. The first-order valence-electron chi connectivity index (χ1n) is 6.36. The number of hydrogen-bond donors (Lipinski definition) is 1. The van der Waals surface area contributed by atoms with Gasteiger partial charge in [-0.1, -0.05) is 17.7 Å². The highest BCUT2D eigenvalue weighted by Crippen LogP contribution is 2.18. The average molecular weight is 307 g/mol. The maximum absolute atomic E-state index is 11.8. The van der Waals surface area contributed by atoms with Crippen LogP contribution in [-0.2, 0) is 4.79 Å². The Kier molecular flexibility index (Phi) is 5.00. The Bertz CT molecular complexity index is 652. The second kappa shape index (κ2) is 6.95. The largest absolute Gasteiger partial charge is 0.481 e. The van der Waals surface area contributed by atoms with Crippen molar-refractivity contribution in [2.45, 2.75) is 20.0 Å². The van der Waals surface area contributed by atoms with Crippen molar-refractivity contribution in [3.05, 3.63) is 52.9 Å². The number of hydrazone groups is 1. The van der Waals surface area contributed by atoms with Gasteiger partial charge in [0.05, 0.1) is 6.21 Å². The third-order valence-corrected chi connectivity index (χ3v) is 2.84. The van der Waals surface area contributed by atoms with Gasteiger partial charge in [-0.15, -0.1) is 0 Å². The molecule has 1 N–H and O–H groups in total. The molecule has 0 aliphatic heterocycles. The van der Waals surface area contributed by atoms with E-state index in [0.717, 1.165) is 5.76 Å². The molecule has 0 saturated carbocycles. The molecule has 1 atom stereocenters. The number of nitrogens with one attached hydrogen (secondary N) is 1. The minimum absolute atomic E-state index is 0.366. The summed E-state index contributed by atoms with van der Waals surface area (Å²) in [6.07, 6.45) is 0.732. The van der Waals surface area contributed by atoms with Crippen molar-refractivity contribution >= 4 is 23.7 Å². The van der Waals surface area contributed by atoms with Crippen LogP contribution in [0.4, 0.5) is 0 Å². The lowest BCUT2D eigenvalue weighted by Crippen LogP contribution is -2.33. The number of hydrogen-bond acceptors (Lipinski definition) is 4. The molecule has 0 aliphatic rings. The average Bonchev–Trinajstić information content (AvgIpc) is 2.84. The zero-order chi connectivity index (χ0) is 15.2. The lowest BCUT2D eigenvalue weighted by molar-refractivity contribution is -0.127. The van der Waals surface area contributed by atoms with Gasteiger partial charge in [0, 0.05) is 5.02 Å². The number of nitrogens with zero attached hydrogens (tertiary/aromatic N) is 1. The fraction of sp³-hybridized carbons (Fsp3) is 0.200. The van der Waals surface area contributed by atoms with Crippen molar-refractivity contribution in [2.24, 2.45) is 5.10 Å². The van der Waals surface area contributed by atoms with Crippen LogP contribution in [0, 0.1) is 6.92 Å². The standard InChI is InChI=1S/C15H15ClN2O3/c1-10-6-7-14(20-10)9-17-18-15(19)11(2)21-13-5-3-4-12(16)8-13/h3-9,11H,1-2H3,(H,18,19)/b17-9-/t11-/m1/s1. The normalized spacial score (nSPS) is 12.3. The van der Waals surface area contributed by atoms with Crippen LogP contribution in [0.5, 0.6) is 5.75 Å². The molecule has 0 unspecified atom stereocenters. The molecule has 6 heteroatoms. The number of rotatable bonds is 5. The van der Waals surface area contributed by atoms with Crippen molar-refractivity contribution < 1.29 is 13.9 Å². The maximum atomic E-state index is 11.8. The van der Waals surface area contributed by atoms with Crippen molar-refractivity contribution in [1.82, 2.24) is 5.43 Å². The number of carbonyl (C=O) groups is 1. The zero-order valence-corrected chi connectivity index (χ0v) is 12.4. The van der Waals surface area contributed by atoms with Gasteiger partial charge in [0.1, 0.15) is 17.3 Å². The van der Waals surface area contributed by atoms with Gasteiger partial charge in [-0.25, -0.2) is 5.43 Å². The highest BCUT2D eigenvalue weighted by Gasteiger charge is 2.13. The lowest BCUT2D eigenvalue weighted by Gasteiger charge is -2.12. The Labute approximate surface area is 127 Å². The van der Waals surface area contributed by atoms with E-state index in [0.29, 0.717) is 16.5 Å². The number of carbonyl (C=O) groups excluding carboxylic acids is 1. The quantitative estimate of drug-likeness (QED) is 0.681. The molecule has 0 saturated heterocycles. The second-order valence-corrected chi connectivity index (χ2v) is 4.84. The Morgan fingerprint density at radius 3 is 2.90 bits per heavy atom. The smallest absolute Gasteiger partial charge is 0.280 e. The molecule has 2 rings (SSSR count). The number of benzene rings is 1. The minimum atomic E-state index is -0.695. The van der Waals surface area contributed by atoms with Crippen molar-refractivity contribution in [2.75, 3.05) is 0 Å². The molecule has 1 heterocycles. The van der Waals surface area contributed by atoms with E-state index < -0.39 is 6.10 Å². The number of halogens is 1. The van der Waals surface area contributed by atoms with Crippen LogP contribution < -0.4 is 10.2 Å². The number of aryl methyl sites for hydroxylation is 1. The summed E-state index contributed by atoms with van der Waals surface area (Å²) in [5.74, 6) is 1.50. The summed E-state index contributed by atoms with van der Waals surface area (Å²) in [5, 5.41) is 4.36. The summed E-state index contributed by atoms with van der Waals surface area (Å²) < 4.78 is 10.8. The molecule has 0 spiro atoms. The Hall–Kier alpha value is -2.27. The maximum Gasteiger partial charge on any atom is 0.280 e. The SMILES string of the molecule is Cc1ccc(/C=N\NC(=O)[C@@H](C)Oc2cccc(Cl)c2)o1. The molecule has 0 bridgehead atoms. The van der Waals surface area contributed by atoms with Crippen molar-refractivity contribution in [3.63, 3.8) is 0 Å². The summed E-state index contributed by atoms with van der Waals surface area (Å²) in [5.41, 5.74) is 2.39. The van der Waals surface area contributed by atoms with Crippen LogP contribution in [0.25, 0.3) is 0 Å². The van der Waals surface area contributed by atoms with Crippen molar-refractivity contribution in [3.8, 4) is 5.75 Å². The van der Waals surface area contributed by atoms with E-state index in [1.54, 1.807) is 37.3 Å². The molecule has 0 radical (unpaired) electrons. The monoisotopic (exact) mass is 306 g/mol. The molecule has 1 aromatic carbocycles. The fourth-order valence-electron chi connectivity index (χ4n) is 1.57. The van der Waals surface area contributed by atoms with Crippen LogP contribution in [-0.4, -0.2) is 18.2 Å². The molecule has 0 fully saturated rings. The summed E-state index contributed by atoms with van der Waals surface area (Å²) in [6, 6.07) is 10.4. The molecule has 1 aromatic heterocycles. The van der Waals surface area contributed by atoms with E-state index in [1.165, 1.54) is 6.21 Å². The van der Waals surface area contributed by atoms with E-state index in [-0.39, 0.29) is 5.91 Å². The molecule has 110 valence electrons. The van der Waals surface area contributed by atoms with Crippen LogP contribution >= 0.6 is 11.6 Å². The van der Waals surface area contributed by atoms with Crippen LogP contribution in [0.15, 0.2) is 45.9 Å². The van der Waals surface area contributed by atoms with Gasteiger partial charge in [-0.2, -0.15) is 5.10 Å². The van der Waals surface area contributed by atoms with E-state index in [1.807, 2.05) is 13.0 Å². The van der Waals surface area contributed by atoms with Gasteiger partial charge >= 0.3 is 0 Å². The molecule has 1 amide bonds.